The number of hydrogen-bond acceptors (Lipinski definition) is 5. The number of carbonyl (C=O) groups is 1. The maximum absolute atomic E-state index is 12.2. The number of nitrogens with two attached hydrogens (primary N) is 1. The van der Waals surface area contributed by atoms with Crippen LogP contribution in [0.2, 0.25) is 0 Å². The smallest absolute Gasteiger partial charge is 0.228 e. The van der Waals surface area contributed by atoms with Crippen LogP contribution in [0.25, 0.3) is 0 Å². The molecule has 0 bridgehead atoms. The van der Waals surface area contributed by atoms with Crippen molar-refractivity contribution in [2.45, 2.75) is 19.9 Å². The quantitative estimate of drug-likeness (QED) is 0.852. The third-order valence-electron chi connectivity index (χ3n) is 3.75. The zero-order chi connectivity index (χ0) is 16.6. The summed E-state index contributed by atoms with van der Waals surface area (Å²) in [7, 11) is -3.60. The molecule has 2 aromatic rings. The number of carbonyl (C=O) groups excluding carboxylic acids is 1. The standard InChI is InChI=1S/C14H18N4O4S/c1-10-2-3-12(22-10)8-18-13(4-5-16-18)17-7-11(6-14(17)19)9-23(15,20)21/h2-5,11H,6-9H2,1H3,(H2,15,20,21). The second-order valence-electron chi connectivity index (χ2n) is 5.76. The number of amides is 1. The van der Waals surface area contributed by atoms with Gasteiger partial charge in [0.1, 0.15) is 23.9 Å². The van der Waals surface area contributed by atoms with Gasteiger partial charge in [-0.05, 0) is 19.1 Å². The molecular weight excluding hydrogens is 320 g/mol. The van der Waals surface area contributed by atoms with Crippen molar-refractivity contribution in [2.24, 2.45) is 11.1 Å². The highest BCUT2D eigenvalue weighted by molar-refractivity contribution is 7.89. The van der Waals surface area contributed by atoms with Crippen LogP contribution in [0.4, 0.5) is 5.82 Å². The summed E-state index contributed by atoms with van der Waals surface area (Å²) in [5.74, 6) is 1.55. The summed E-state index contributed by atoms with van der Waals surface area (Å²) in [5.41, 5.74) is 0. The van der Waals surface area contributed by atoms with E-state index in [0.717, 1.165) is 11.5 Å². The number of aryl methyl sites for hydroxylation is 1. The highest BCUT2D eigenvalue weighted by Gasteiger charge is 2.34. The Labute approximate surface area is 133 Å². The van der Waals surface area contributed by atoms with E-state index in [9.17, 15) is 13.2 Å². The van der Waals surface area contributed by atoms with Crippen LogP contribution >= 0.6 is 0 Å². The first-order valence-electron chi connectivity index (χ1n) is 7.20. The second kappa shape index (κ2) is 5.82. The molecule has 1 unspecified atom stereocenters. The van der Waals surface area contributed by atoms with E-state index in [4.69, 9.17) is 9.56 Å². The number of hydrogen-bond donors (Lipinski definition) is 1. The molecule has 23 heavy (non-hydrogen) atoms. The van der Waals surface area contributed by atoms with Crippen LogP contribution in [0.5, 0.6) is 0 Å². The van der Waals surface area contributed by atoms with Gasteiger partial charge in [-0.25, -0.2) is 18.2 Å². The maximum atomic E-state index is 12.2. The van der Waals surface area contributed by atoms with Crippen molar-refractivity contribution in [1.82, 2.24) is 9.78 Å². The van der Waals surface area contributed by atoms with Crippen molar-refractivity contribution < 1.29 is 17.6 Å². The Balaban J connectivity index is 1.77. The van der Waals surface area contributed by atoms with Gasteiger partial charge in [-0.3, -0.25) is 9.69 Å². The third-order valence-corrected chi connectivity index (χ3v) is 4.68. The Morgan fingerprint density at radius 1 is 1.39 bits per heavy atom. The fourth-order valence-corrected chi connectivity index (χ4v) is 3.72. The number of furan rings is 1. The summed E-state index contributed by atoms with van der Waals surface area (Å²) < 4.78 is 29.6. The highest BCUT2D eigenvalue weighted by atomic mass is 32.2. The highest BCUT2D eigenvalue weighted by Crippen LogP contribution is 2.26. The van der Waals surface area contributed by atoms with Crippen LogP contribution < -0.4 is 10.0 Å². The van der Waals surface area contributed by atoms with Gasteiger partial charge in [0.15, 0.2) is 0 Å². The number of primary sulfonamides is 1. The summed E-state index contributed by atoms with van der Waals surface area (Å²) in [5, 5.41) is 9.29. The zero-order valence-electron chi connectivity index (χ0n) is 12.7. The van der Waals surface area contributed by atoms with Crippen LogP contribution in [0, 0.1) is 12.8 Å². The van der Waals surface area contributed by atoms with Crippen molar-refractivity contribution in [3.05, 3.63) is 35.9 Å². The number of rotatable bonds is 5. The van der Waals surface area contributed by atoms with E-state index >= 15 is 0 Å². The third kappa shape index (κ3) is 3.62. The van der Waals surface area contributed by atoms with E-state index in [1.807, 2.05) is 19.1 Å². The molecule has 1 fully saturated rings. The first-order chi connectivity index (χ1) is 10.8. The minimum Gasteiger partial charge on any atom is -0.464 e. The Bertz CT molecular complexity index is 823. The SMILES string of the molecule is Cc1ccc(Cn2nccc2N2CC(CS(N)(=O)=O)CC2=O)o1. The molecular formula is C14H18N4O4S. The van der Waals surface area contributed by atoms with Gasteiger partial charge in [-0.15, -0.1) is 0 Å². The Hall–Kier alpha value is -2.13. The number of sulfonamides is 1. The number of anilines is 1. The van der Waals surface area contributed by atoms with Gasteiger partial charge >= 0.3 is 0 Å². The van der Waals surface area contributed by atoms with Gasteiger partial charge in [0.25, 0.3) is 0 Å². The van der Waals surface area contributed by atoms with Gasteiger partial charge in [0.05, 0.1) is 11.9 Å². The van der Waals surface area contributed by atoms with Crippen molar-refractivity contribution in [2.75, 3.05) is 17.2 Å². The first-order valence-corrected chi connectivity index (χ1v) is 8.91. The lowest BCUT2D eigenvalue weighted by Crippen LogP contribution is -2.29. The van der Waals surface area contributed by atoms with Gasteiger partial charge in [-0.2, -0.15) is 5.10 Å². The molecule has 0 aliphatic carbocycles. The average molecular weight is 338 g/mol. The van der Waals surface area contributed by atoms with Crippen LogP contribution in [0.3, 0.4) is 0 Å². The summed E-state index contributed by atoms with van der Waals surface area (Å²) in [4.78, 5) is 13.8. The predicted molar refractivity (Wildman–Crippen MR) is 83.2 cm³/mol. The molecule has 3 heterocycles. The molecule has 2 aromatic heterocycles. The number of nitrogens with zero attached hydrogens (tertiary/aromatic N) is 3. The van der Waals surface area contributed by atoms with Crippen molar-refractivity contribution in [3.63, 3.8) is 0 Å². The van der Waals surface area contributed by atoms with Crippen LogP contribution in [-0.2, 0) is 21.4 Å². The molecule has 3 rings (SSSR count). The Morgan fingerprint density at radius 3 is 2.83 bits per heavy atom. The van der Waals surface area contributed by atoms with Crippen LogP contribution in [0.15, 0.2) is 28.8 Å². The predicted octanol–water partition coefficient (Wildman–Crippen LogP) is 0.474. The van der Waals surface area contributed by atoms with Crippen LogP contribution in [-0.4, -0.2) is 36.4 Å². The zero-order valence-corrected chi connectivity index (χ0v) is 13.5. The van der Waals surface area contributed by atoms with Crippen molar-refractivity contribution in [1.29, 1.82) is 0 Å². The molecule has 1 aliphatic heterocycles. The molecule has 0 radical (unpaired) electrons. The fourth-order valence-electron chi connectivity index (χ4n) is 2.84. The minimum atomic E-state index is -3.60. The van der Waals surface area contributed by atoms with Gasteiger partial charge < -0.3 is 4.42 Å². The van der Waals surface area contributed by atoms with E-state index in [-0.39, 0.29) is 24.0 Å². The molecule has 1 aliphatic rings. The lowest BCUT2D eigenvalue weighted by atomic mass is 10.1. The lowest BCUT2D eigenvalue weighted by Gasteiger charge is -2.17. The Kier molecular flexibility index (Phi) is 3.99. The van der Waals surface area contributed by atoms with Gasteiger partial charge in [0, 0.05) is 24.9 Å². The molecule has 0 aromatic carbocycles. The van der Waals surface area contributed by atoms with Gasteiger partial charge in [-0.1, -0.05) is 0 Å². The van der Waals surface area contributed by atoms with E-state index < -0.39 is 10.0 Å². The summed E-state index contributed by atoms with van der Waals surface area (Å²) in [6.45, 7) is 2.58. The fraction of sp³-hybridized carbons (Fsp3) is 0.429. The second-order valence-corrected chi connectivity index (χ2v) is 7.42. The number of aromatic nitrogens is 2. The molecule has 124 valence electrons. The van der Waals surface area contributed by atoms with E-state index in [2.05, 4.69) is 5.10 Å². The molecule has 1 atom stereocenters. The topological polar surface area (TPSA) is 111 Å². The summed E-state index contributed by atoms with van der Waals surface area (Å²) >= 11 is 0. The molecule has 2 N–H and O–H groups in total. The Morgan fingerprint density at radius 2 is 2.17 bits per heavy atom. The monoisotopic (exact) mass is 338 g/mol. The first kappa shape index (κ1) is 15.8. The summed E-state index contributed by atoms with van der Waals surface area (Å²) in [6, 6.07) is 5.45. The van der Waals surface area contributed by atoms with Gasteiger partial charge in [0.2, 0.25) is 15.9 Å². The molecule has 1 amide bonds. The minimum absolute atomic E-state index is 0.129. The molecule has 8 nitrogen and oxygen atoms in total. The molecule has 0 spiro atoms. The molecule has 9 heteroatoms. The molecule has 0 saturated carbocycles. The van der Waals surface area contributed by atoms with E-state index in [0.29, 0.717) is 18.9 Å². The summed E-state index contributed by atoms with van der Waals surface area (Å²) in [6.07, 6.45) is 1.77. The molecule has 1 saturated heterocycles. The van der Waals surface area contributed by atoms with Crippen LogP contribution in [0.1, 0.15) is 17.9 Å². The van der Waals surface area contributed by atoms with E-state index in [1.54, 1.807) is 21.8 Å². The average Bonchev–Trinajstić information content (AvgIpc) is 3.10. The van der Waals surface area contributed by atoms with Crippen molar-refractivity contribution >= 4 is 21.7 Å². The normalized spacial score (nSPS) is 18.8. The van der Waals surface area contributed by atoms with E-state index in [1.165, 1.54) is 0 Å². The van der Waals surface area contributed by atoms with Crippen molar-refractivity contribution in [3.8, 4) is 0 Å². The largest absolute Gasteiger partial charge is 0.464 e. The maximum Gasteiger partial charge on any atom is 0.228 e. The lowest BCUT2D eigenvalue weighted by molar-refractivity contribution is -0.117.